The van der Waals surface area contributed by atoms with E-state index >= 15 is 0 Å². The molecule has 0 aromatic rings. The van der Waals surface area contributed by atoms with Crippen LogP contribution in [0.1, 0.15) is 71.6 Å². The average Bonchev–Trinajstić information content (AvgIpc) is 2.90. The minimum atomic E-state index is -0.299. The molecule has 0 saturated heterocycles. The van der Waals surface area contributed by atoms with Crippen LogP contribution in [0.4, 0.5) is 0 Å². The molecular formula is C21H32O3. The first-order valence-corrected chi connectivity index (χ1v) is 9.98. The van der Waals surface area contributed by atoms with Gasteiger partial charge in [0.1, 0.15) is 0 Å². The molecule has 4 aliphatic carbocycles. The van der Waals surface area contributed by atoms with Crippen molar-refractivity contribution in [3.63, 3.8) is 0 Å². The number of hydrogen-bond acceptors (Lipinski definition) is 3. The molecule has 3 saturated carbocycles. The maximum Gasteiger partial charge on any atom is 0.302 e. The molecule has 24 heavy (non-hydrogen) atoms. The number of carbonyl (C=O) groups is 1. The Bertz CT molecular complexity index is 553. The summed E-state index contributed by atoms with van der Waals surface area (Å²) in [7, 11) is 0. The number of carbonyl (C=O) groups excluding carboxylic acids is 1. The van der Waals surface area contributed by atoms with Gasteiger partial charge in [-0.1, -0.05) is 25.0 Å². The number of hydrogen-bond donors (Lipinski definition) is 1. The second-order valence-corrected chi connectivity index (χ2v) is 9.11. The van der Waals surface area contributed by atoms with Crippen LogP contribution in [-0.2, 0) is 9.53 Å². The van der Waals surface area contributed by atoms with Crippen LogP contribution in [0.3, 0.4) is 0 Å². The van der Waals surface area contributed by atoms with E-state index in [-0.39, 0.29) is 17.5 Å². The van der Waals surface area contributed by atoms with Crippen LogP contribution in [0.2, 0.25) is 0 Å². The highest BCUT2D eigenvalue weighted by molar-refractivity contribution is 5.65. The second kappa shape index (κ2) is 5.86. The molecule has 4 aliphatic rings. The van der Waals surface area contributed by atoms with Gasteiger partial charge in [0.2, 0.25) is 0 Å². The van der Waals surface area contributed by atoms with Crippen molar-refractivity contribution in [2.75, 3.05) is 6.61 Å². The van der Waals surface area contributed by atoms with Gasteiger partial charge in [0.15, 0.2) is 0 Å². The van der Waals surface area contributed by atoms with E-state index in [1.165, 1.54) is 45.4 Å². The monoisotopic (exact) mass is 332 g/mol. The lowest BCUT2D eigenvalue weighted by molar-refractivity contribution is -0.156. The first kappa shape index (κ1) is 16.6. The van der Waals surface area contributed by atoms with Crippen LogP contribution in [-0.4, -0.2) is 23.8 Å². The maximum atomic E-state index is 11.4. The highest BCUT2D eigenvalue weighted by Gasteiger charge is 2.60. The summed E-state index contributed by atoms with van der Waals surface area (Å²) in [5, 5.41) is 10.8. The summed E-state index contributed by atoms with van der Waals surface area (Å²) in [5.74, 6) is 1.73. The lowest BCUT2D eigenvalue weighted by Gasteiger charge is -2.57. The summed E-state index contributed by atoms with van der Waals surface area (Å²) in [6.45, 7) is 4.42. The van der Waals surface area contributed by atoms with Gasteiger partial charge >= 0.3 is 5.97 Å². The van der Waals surface area contributed by atoms with E-state index in [0.29, 0.717) is 23.9 Å². The van der Waals surface area contributed by atoms with Crippen molar-refractivity contribution in [3.8, 4) is 0 Å². The van der Waals surface area contributed by atoms with E-state index < -0.39 is 0 Å². The smallest absolute Gasteiger partial charge is 0.302 e. The minimum Gasteiger partial charge on any atom is -0.465 e. The standard InChI is InChI=1S/C21H32O3/c1-14(22)24-13-21-12-10-17-16(18(21)8-9-19(21)23)7-6-15-5-3-4-11-20(15,17)2/h6,16-19,23H,3-5,7-13H2,1-2H3/t16-,17+,18+,19+,20+,21-/m1/s1. The van der Waals surface area contributed by atoms with E-state index in [9.17, 15) is 9.90 Å². The molecule has 0 heterocycles. The summed E-state index contributed by atoms with van der Waals surface area (Å²) in [5.41, 5.74) is 1.94. The van der Waals surface area contributed by atoms with E-state index in [2.05, 4.69) is 13.0 Å². The van der Waals surface area contributed by atoms with Crippen molar-refractivity contribution >= 4 is 5.97 Å². The fraction of sp³-hybridized carbons (Fsp3) is 0.857. The lowest BCUT2D eigenvalue weighted by atomic mass is 9.48. The lowest BCUT2D eigenvalue weighted by Crippen LogP contribution is -2.53. The Balaban J connectivity index is 1.64. The third kappa shape index (κ3) is 2.30. The topological polar surface area (TPSA) is 46.5 Å². The molecule has 0 aromatic carbocycles. The first-order valence-electron chi connectivity index (χ1n) is 9.98. The highest BCUT2D eigenvalue weighted by Crippen LogP contribution is 2.64. The van der Waals surface area contributed by atoms with Crippen molar-refractivity contribution in [1.82, 2.24) is 0 Å². The summed E-state index contributed by atoms with van der Waals surface area (Å²) in [6, 6.07) is 0. The number of aliphatic hydroxyl groups excluding tert-OH is 1. The average molecular weight is 332 g/mol. The van der Waals surface area contributed by atoms with Crippen molar-refractivity contribution in [2.24, 2.45) is 28.6 Å². The molecule has 0 bridgehead atoms. The largest absolute Gasteiger partial charge is 0.465 e. The van der Waals surface area contributed by atoms with Crippen LogP contribution in [0.25, 0.3) is 0 Å². The van der Waals surface area contributed by atoms with E-state index in [1.54, 1.807) is 5.57 Å². The molecule has 0 spiro atoms. The van der Waals surface area contributed by atoms with Gasteiger partial charge in [-0.2, -0.15) is 0 Å². The molecule has 0 aliphatic heterocycles. The summed E-state index contributed by atoms with van der Waals surface area (Å²) >= 11 is 0. The SMILES string of the molecule is CC(=O)OC[C@]12CC[C@H]3[C@@H](CC=C4CCCC[C@@]43C)[C@@H]1CC[C@@H]2O. The van der Waals surface area contributed by atoms with Crippen molar-refractivity contribution in [1.29, 1.82) is 0 Å². The van der Waals surface area contributed by atoms with Gasteiger partial charge in [0, 0.05) is 12.3 Å². The Morgan fingerprint density at radius 3 is 2.88 bits per heavy atom. The van der Waals surface area contributed by atoms with E-state index in [0.717, 1.165) is 25.2 Å². The van der Waals surface area contributed by atoms with Gasteiger partial charge in [-0.05, 0) is 74.5 Å². The molecule has 0 amide bonds. The molecule has 134 valence electrons. The maximum absolute atomic E-state index is 11.4. The van der Waals surface area contributed by atoms with Crippen molar-refractivity contribution in [2.45, 2.75) is 77.7 Å². The van der Waals surface area contributed by atoms with Gasteiger partial charge in [0.25, 0.3) is 0 Å². The van der Waals surface area contributed by atoms with Gasteiger partial charge < -0.3 is 9.84 Å². The molecule has 6 atom stereocenters. The molecular weight excluding hydrogens is 300 g/mol. The molecule has 3 heteroatoms. The summed E-state index contributed by atoms with van der Waals surface area (Å²) < 4.78 is 5.45. The number of esters is 1. The fourth-order valence-corrected chi connectivity index (χ4v) is 6.99. The zero-order chi connectivity index (χ0) is 16.9. The Morgan fingerprint density at radius 1 is 1.25 bits per heavy atom. The quantitative estimate of drug-likeness (QED) is 0.607. The molecule has 3 fully saturated rings. The first-order chi connectivity index (χ1) is 11.5. The third-order valence-electron chi connectivity index (χ3n) is 8.23. The van der Waals surface area contributed by atoms with Crippen LogP contribution in [0.15, 0.2) is 11.6 Å². The van der Waals surface area contributed by atoms with Gasteiger partial charge in [-0.3, -0.25) is 4.79 Å². The minimum absolute atomic E-state index is 0.177. The summed E-state index contributed by atoms with van der Waals surface area (Å²) in [6.07, 6.45) is 13.0. The van der Waals surface area contributed by atoms with Gasteiger partial charge in [-0.15, -0.1) is 0 Å². The molecule has 3 nitrogen and oxygen atoms in total. The van der Waals surface area contributed by atoms with Crippen molar-refractivity contribution in [3.05, 3.63) is 11.6 Å². The predicted molar refractivity (Wildman–Crippen MR) is 93.3 cm³/mol. The van der Waals surface area contributed by atoms with Crippen LogP contribution < -0.4 is 0 Å². The van der Waals surface area contributed by atoms with Crippen LogP contribution in [0, 0.1) is 28.6 Å². The predicted octanol–water partition coefficient (Wildman–Crippen LogP) is 4.24. The van der Waals surface area contributed by atoms with Gasteiger partial charge in [0.05, 0.1) is 12.7 Å². The zero-order valence-corrected chi connectivity index (χ0v) is 15.2. The Labute approximate surface area is 145 Å². The molecule has 0 radical (unpaired) electrons. The number of fused-ring (bicyclic) bond motifs is 5. The molecule has 0 unspecified atom stereocenters. The normalized spacial score (nSPS) is 47.2. The highest BCUT2D eigenvalue weighted by atomic mass is 16.5. The Hall–Kier alpha value is -0.830. The van der Waals surface area contributed by atoms with Crippen LogP contribution >= 0.6 is 0 Å². The van der Waals surface area contributed by atoms with E-state index in [1.807, 2.05) is 0 Å². The Kier molecular flexibility index (Phi) is 4.06. The van der Waals surface area contributed by atoms with Crippen LogP contribution in [0.5, 0.6) is 0 Å². The van der Waals surface area contributed by atoms with Gasteiger partial charge in [-0.25, -0.2) is 0 Å². The zero-order valence-electron chi connectivity index (χ0n) is 15.2. The Morgan fingerprint density at radius 2 is 2.08 bits per heavy atom. The van der Waals surface area contributed by atoms with Crippen molar-refractivity contribution < 1.29 is 14.6 Å². The second-order valence-electron chi connectivity index (χ2n) is 9.11. The molecule has 0 aromatic heterocycles. The molecule has 4 rings (SSSR count). The third-order valence-corrected chi connectivity index (χ3v) is 8.23. The number of allylic oxidation sites excluding steroid dienone is 2. The molecule has 1 N–H and O–H groups in total. The fourth-order valence-electron chi connectivity index (χ4n) is 6.99. The van der Waals surface area contributed by atoms with E-state index in [4.69, 9.17) is 4.74 Å². The summed E-state index contributed by atoms with van der Waals surface area (Å²) in [4.78, 5) is 11.4. The number of rotatable bonds is 2. The number of ether oxygens (including phenoxy) is 1. The number of aliphatic hydroxyl groups is 1.